The van der Waals surface area contributed by atoms with E-state index in [1.807, 2.05) is 0 Å². The average Bonchev–Trinajstić information content (AvgIpc) is 2.39. The summed E-state index contributed by atoms with van der Waals surface area (Å²) in [7, 11) is 0. The summed E-state index contributed by atoms with van der Waals surface area (Å²) < 4.78 is 4.36. The van der Waals surface area contributed by atoms with Gasteiger partial charge in [0.1, 0.15) is 0 Å². The maximum atomic E-state index is 8.57. The van der Waals surface area contributed by atoms with Crippen molar-refractivity contribution in [2.24, 2.45) is 0 Å². The molecule has 0 radical (unpaired) electrons. The third kappa shape index (κ3) is 32.1. The fraction of sp³-hybridized carbons (Fsp3) is 0.750. The molecule has 0 saturated heterocycles. The molecular weight excluding hydrogens is 247 g/mol. The summed E-state index contributed by atoms with van der Waals surface area (Å²) in [5.74, 6) is 0. The van der Waals surface area contributed by atoms with Gasteiger partial charge in [-0.15, -0.1) is 0 Å². The van der Waals surface area contributed by atoms with Gasteiger partial charge >= 0.3 is 29.6 Å². The summed E-state index contributed by atoms with van der Waals surface area (Å²) in [4.78, 5) is 0. The molecule has 0 atom stereocenters. The van der Waals surface area contributed by atoms with Crippen molar-refractivity contribution in [3.63, 3.8) is 0 Å². The van der Waals surface area contributed by atoms with Gasteiger partial charge in [-0.05, 0) is 6.42 Å². The molecule has 0 saturated carbocycles. The van der Waals surface area contributed by atoms with Gasteiger partial charge in [0.2, 0.25) is 0 Å². The first-order valence-electron chi connectivity index (χ1n) is 7.31. The Balaban J connectivity index is -0.000000366. The van der Waals surface area contributed by atoms with Crippen molar-refractivity contribution in [3.05, 3.63) is 25.7 Å². The summed E-state index contributed by atoms with van der Waals surface area (Å²) in [6.45, 7) is 9.14. The molecule has 0 aromatic rings. The van der Waals surface area contributed by atoms with E-state index >= 15 is 0 Å². The quantitative estimate of drug-likeness (QED) is 0.323. The number of rotatable bonds is 12. The van der Waals surface area contributed by atoms with E-state index in [1.54, 1.807) is 0 Å². The van der Waals surface area contributed by atoms with E-state index in [1.165, 1.54) is 70.3 Å². The first kappa shape index (κ1) is 24.3. The van der Waals surface area contributed by atoms with Crippen molar-refractivity contribution in [1.82, 2.24) is 0 Å². The SMILES string of the molecule is C=COC=C.CCCCCCCCCCCCO.[NaH]. The normalized spacial score (nSPS) is 8.74. The fourth-order valence-corrected chi connectivity index (χ4v) is 1.67. The van der Waals surface area contributed by atoms with Crippen molar-refractivity contribution in [2.75, 3.05) is 6.61 Å². The van der Waals surface area contributed by atoms with E-state index in [2.05, 4.69) is 24.8 Å². The Labute approximate surface area is 142 Å². The monoisotopic (exact) mass is 280 g/mol. The molecule has 19 heavy (non-hydrogen) atoms. The van der Waals surface area contributed by atoms with Crippen LogP contribution in [0, 0.1) is 0 Å². The van der Waals surface area contributed by atoms with E-state index < -0.39 is 0 Å². The number of aliphatic hydroxyl groups is 1. The summed E-state index contributed by atoms with van der Waals surface area (Å²) in [5, 5.41) is 8.57. The van der Waals surface area contributed by atoms with Crippen molar-refractivity contribution < 1.29 is 9.84 Å². The molecular formula is C16H33NaO2. The standard InChI is InChI=1S/C12H26O.C4H6O.Na.H/c1-2-3-4-5-6-7-8-9-10-11-12-13;1-3-5-4-2;;/h13H,2-12H2,1H3;3-4H,1-2H2;;. The van der Waals surface area contributed by atoms with Gasteiger partial charge in [-0.2, -0.15) is 0 Å². The second kappa shape index (κ2) is 26.7. The number of unbranched alkanes of at least 4 members (excludes halogenated alkanes) is 9. The van der Waals surface area contributed by atoms with Crippen LogP contribution in [-0.2, 0) is 4.74 Å². The number of hydrogen-bond acceptors (Lipinski definition) is 2. The molecule has 3 heteroatoms. The second-order valence-electron chi connectivity index (χ2n) is 4.38. The van der Waals surface area contributed by atoms with Crippen LogP contribution >= 0.6 is 0 Å². The summed E-state index contributed by atoms with van der Waals surface area (Å²) in [6, 6.07) is 0. The summed E-state index contributed by atoms with van der Waals surface area (Å²) in [5.41, 5.74) is 0. The molecule has 0 aliphatic heterocycles. The molecule has 0 unspecified atom stereocenters. The number of hydrogen-bond donors (Lipinski definition) is 1. The molecule has 0 bridgehead atoms. The van der Waals surface area contributed by atoms with Crippen LogP contribution in [0.4, 0.5) is 0 Å². The molecule has 0 spiro atoms. The van der Waals surface area contributed by atoms with Gasteiger partial charge in [-0.1, -0.05) is 77.9 Å². The molecule has 110 valence electrons. The first-order chi connectivity index (χ1) is 8.83. The van der Waals surface area contributed by atoms with Crippen LogP contribution < -0.4 is 0 Å². The van der Waals surface area contributed by atoms with Crippen LogP contribution in [0.1, 0.15) is 71.1 Å². The van der Waals surface area contributed by atoms with Gasteiger partial charge in [0.05, 0.1) is 12.5 Å². The van der Waals surface area contributed by atoms with Crippen LogP contribution in [0.25, 0.3) is 0 Å². The van der Waals surface area contributed by atoms with Crippen LogP contribution in [0.15, 0.2) is 25.7 Å². The minimum absolute atomic E-state index is 0. The van der Waals surface area contributed by atoms with Crippen molar-refractivity contribution >= 4 is 29.6 Å². The average molecular weight is 280 g/mol. The first-order valence-corrected chi connectivity index (χ1v) is 7.31. The molecule has 0 aliphatic rings. The Bertz CT molecular complexity index is 145. The minimum atomic E-state index is 0. The van der Waals surface area contributed by atoms with E-state index in [-0.39, 0.29) is 29.6 Å². The number of aliphatic hydroxyl groups excluding tert-OH is 1. The predicted molar refractivity (Wildman–Crippen MR) is 87.6 cm³/mol. The van der Waals surface area contributed by atoms with Gasteiger partial charge in [-0.3, -0.25) is 0 Å². The van der Waals surface area contributed by atoms with Gasteiger partial charge in [0.15, 0.2) is 0 Å². The van der Waals surface area contributed by atoms with E-state index in [0.29, 0.717) is 6.61 Å². The van der Waals surface area contributed by atoms with Crippen LogP contribution in [0.2, 0.25) is 0 Å². The Morgan fingerprint density at radius 2 is 1.16 bits per heavy atom. The van der Waals surface area contributed by atoms with Crippen LogP contribution in [0.5, 0.6) is 0 Å². The summed E-state index contributed by atoms with van der Waals surface area (Å²) in [6.07, 6.45) is 15.9. The Morgan fingerprint density at radius 3 is 1.42 bits per heavy atom. The zero-order valence-electron chi connectivity index (χ0n) is 12.2. The predicted octanol–water partition coefficient (Wildman–Crippen LogP) is 4.54. The van der Waals surface area contributed by atoms with E-state index in [9.17, 15) is 0 Å². The molecule has 0 amide bonds. The molecule has 2 nitrogen and oxygen atoms in total. The molecule has 0 heterocycles. The maximum absolute atomic E-state index is 8.57. The Hall–Kier alpha value is 0.240. The van der Waals surface area contributed by atoms with E-state index in [4.69, 9.17) is 5.11 Å². The zero-order valence-corrected chi connectivity index (χ0v) is 12.2. The fourth-order valence-electron chi connectivity index (χ4n) is 1.67. The summed E-state index contributed by atoms with van der Waals surface area (Å²) >= 11 is 0. The van der Waals surface area contributed by atoms with Crippen LogP contribution in [-0.4, -0.2) is 41.3 Å². The van der Waals surface area contributed by atoms with Gasteiger partial charge in [0.25, 0.3) is 0 Å². The molecule has 0 aromatic heterocycles. The molecule has 0 fully saturated rings. The van der Waals surface area contributed by atoms with Gasteiger partial charge < -0.3 is 9.84 Å². The van der Waals surface area contributed by atoms with Crippen molar-refractivity contribution in [3.8, 4) is 0 Å². The van der Waals surface area contributed by atoms with Crippen molar-refractivity contribution in [1.29, 1.82) is 0 Å². The molecule has 0 rings (SSSR count). The molecule has 0 aromatic carbocycles. The van der Waals surface area contributed by atoms with Gasteiger partial charge in [0, 0.05) is 6.61 Å². The third-order valence-electron chi connectivity index (χ3n) is 2.70. The Morgan fingerprint density at radius 1 is 0.789 bits per heavy atom. The third-order valence-corrected chi connectivity index (χ3v) is 2.70. The number of ether oxygens (including phenoxy) is 1. The van der Waals surface area contributed by atoms with Crippen LogP contribution in [0.3, 0.4) is 0 Å². The molecule has 0 aliphatic carbocycles. The topological polar surface area (TPSA) is 29.5 Å². The van der Waals surface area contributed by atoms with E-state index in [0.717, 1.165) is 6.42 Å². The van der Waals surface area contributed by atoms with Gasteiger partial charge in [-0.25, -0.2) is 0 Å². The zero-order chi connectivity index (χ0) is 13.9. The Kier molecular flexibility index (Phi) is 34.2. The molecule has 1 N–H and O–H groups in total. The second-order valence-corrected chi connectivity index (χ2v) is 4.38. The van der Waals surface area contributed by atoms with Crippen molar-refractivity contribution in [2.45, 2.75) is 71.1 Å².